The lowest BCUT2D eigenvalue weighted by Gasteiger charge is -2.46. The van der Waals surface area contributed by atoms with Crippen molar-refractivity contribution >= 4 is 22.7 Å². The first-order valence-electron chi connectivity index (χ1n) is 10.4. The first kappa shape index (κ1) is 18.7. The van der Waals surface area contributed by atoms with Crippen molar-refractivity contribution in [2.45, 2.75) is 31.8 Å². The Morgan fingerprint density at radius 3 is 2.63 bits per heavy atom. The molecule has 0 spiro atoms. The number of ether oxygens (including phenoxy) is 1. The van der Waals surface area contributed by atoms with Crippen LogP contribution >= 0.6 is 0 Å². The second-order valence-corrected chi connectivity index (χ2v) is 8.12. The van der Waals surface area contributed by atoms with E-state index in [0.29, 0.717) is 19.4 Å². The maximum Gasteiger partial charge on any atom is 0.246 e. The molecule has 6 heteroatoms. The van der Waals surface area contributed by atoms with Gasteiger partial charge in [0.1, 0.15) is 11.8 Å². The molecule has 2 aliphatic heterocycles. The normalized spacial score (nSPS) is 21.0. The zero-order valence-electron chi connectivity index (χ0n) is 17.2. The van der Waals surface area contributed by atoms with Crippen LogP contribution in [0.15, 0.2) is 48.5 Å². The molecule has 3 aromatic rings. The fourth-order valence-electron chi connectivity index (χ4n) is 4.87. The molecule has 1 N–H and O–H groups in total. The van der Waals surface area contributed by atoms with Crippen LogP contribution in [-0.2, 0) is 22.4 Å². The molecule has 0 bridgehead atoms. The van der Waals surface area contributed by atoms with E-state index >= 15 is 0 Å². The van der Waals surface area contributed by atoms with Crippen molar-refractivity contribution in [2.75, 3.05) is 20.2 Å². The number of piperazine rings is 1. The summed E-state index contributed by atoms with van der Waals surface area (Å²) in [5.74, 6) is 0.876. The Morgan fingerprint density at radius 1 is 1.10 bits per heavy atom. The number of hydrogen-bond acceptors (Lipinski definition) is 3. The Hall–Kier alpha value is -3.28. The van der Waals surface area contributed by atoms with Crippen molar-refractivity contribution in [2.24, 2.45) is 0 Å². The number of aromatic nitrogens is 1. The second-order valence-electron chi connectivity index (χ2n) is 8.12. The molecule has 1 unspecified atom stereocenters. The monoisotopic (exact) mass is 403 g/mol. The fraction of sp³-hybridized carbons (Fsp3) is 0.333. The van der Waals surface area contributed by atoms with Gasteiger partial charge in [0, 0.05) is 29.6 Å². The predicted octanol–water partition coefficient (Wildman–Crippen LogP) is 3.08. The summed E-state index contributed by atoms with van der Waals surface area (Å²) in [5, 5.41) is 1.15. The molecule has 1 saturated heterocycles. The maximum absolute atomic E-state index is 13.3. The van der Waals surface area contributed by atoms with E-state index in [9.17, 15) is 9.59 Å². The molecule has 0 saturated carbocycles. The number of para-hydroxylation sites is 1. The number of aromatic amines is 1. The first-order valence-corrected chi connectivity index (χ1v) is 10.4. The number of carbonyl (C=O) groups excluding carboxylic acids is 2. The SMILES string of the molecule is COc1ccc(CCN2CC(=O)N3C(C)c4[nH]c5ccccc5c4C[C@H]3C2=O)cc1. The van der Waals surface area contributed by atoms with E-state index in [1.54, 1.807) is 16.9 Å². The molecule has 0 aliphatic carbocycles. The van der Waals surface area contributed by atoms with Gasteiger partial charge < -0.3 is 19.5 Å². The third-order valence-electron chi connectivity index (χ3n) is 6.46. The van der Waals surface area contributed by atoms with E-state index in [1.165, 1.54) is 0 Å². The van der Waals surface area contributed by atoms with E-state index in [2.05, 4.69) is 11.1 Å². The van der Waals surface area contributed by atoms with Crippen LogP contribution < -0.4 is 4.74 Å². The Bertz CT molecular complexity index is 1120. The molecule has 1 aromatic heterocycles. The number of carbonyl (C=O) groups is 2. The summed E-state index contributed by atoms with van der Waals surface area (Å²) in [5.41, 5.74) is 4.40. The number of nitrogens with zero attached hydrogens (tertiary/aromatic N) is 2. The van der Waals surface area contributed by atoms with Crippen LogP contribution in [0.2, 0.25) is 0 Å². The molecule has 1 fully saturated rings. The summed E-state index contributed by atoms with van der Waals surface area (Å²) < 4.78 is 5.20. The number of benzene rings is 2. The van der Waals surface area contributed by atoms with Gasteiger partial charge in [-0.1, -0.05) is 30.3 Å². The Morgan fingerprint density at radius 2 is 1.87 bits per heavy atom. The highest BCUT2D eigenvalue weighted by atomic mass is 16.5. The van der Waals surface area contributed by atoms with Gasteiger partial charge in [-0.05, 0) is 42.7 Å². The average molecular weight is 403 g/mol. The van der Waals surface area contributed by atoms with E-state index in [-0.39, 0.29) is 24.4 Å². The second kappa shape index (κ2) is 7.20. The molecule has 2 amide bonds. The quantitative estimate of drug-likeness (QED) is 0.728. The summed E-state index contributed by atoms with van der Waals surface area (Å²) in [7, 11) is 1.64. The van der Waals surface area contributed by atoms with Crippen LogP contribution in [0, 0.1) is 0 Å². The van der Waals surface area contributed by atoms with Gasteiger partial charge in [0.15, 0.2) is 0 Å². The molecular formula is C24H25N3O3. The van der Waals surface area contributed by atoms with E-state index in [1.807, 2.05) is 49.4 Å². The number of rotatable bonds is 4. The summed E-state index contributed by atoms with van der Waals surface area (Å²) in [6.45, 7) is 2.69. The van der Waals surface area contributed by atoms with Gasteiger partial charge in [-0.2, -0.15) is 0 Å². The van der Waals surface area contributed by atoms with E-state index in [4.69, 9.17) is 4.74 Å². The number of amides is 2. The number of methoxy groups -OCH3 is 1. The highest BCUT2D eigenvalue weighted by Gasteiger charge is 2.45. The van der Waals surface area contributed by atoms with Gasteiger partial charge in [-0.3, -0.25) is 9.59 Å². The number of H-pyrrole nitrogens is 1. The summed E-state index contributed by atoms with van der Waals surface area (Å²) in [6, 6.07) is 15.4. The molecule has 2 aromatic carbocycles. The van der Waals surface area contributed by atoms with Crippen LogP contribution in [0.3, 0.4) is 0 Å². The van der Waals surface area contributed by atoms with E-state index < -0.39 is 6.04 Å². The van der Waals surface area contributed by atoms with Gasteiger partial charge in [-0.15, -0.1) is 0 Å². The first-order chi connectivity index (χ1) is 14.6. The van der Waals surface area contributed by atoms with Crippen molar-refractivity contribution in [3.63, 3.8) is 0 Å². The number of hydrogen-bond donors (Lipinski definition) is 1. The average Bonchev–Trinajstić information content (AvgIpc) is 3.15. The van der Waals surface area contributed by atoms with Crippen LogP contribution in [-0.4, -0.2) is 52.8 Å². The number of fused-ring (bicyclic) bond motifs is 4. The van der Waals surface area contributed by atoms with Crippen LogP contribution in [0.1, 0.15) is 29.8 Å². The van der Waals surface area contributed by atoms with Crippen LogP contribution in [0.4, 0.5) is 0 Å². The van der Waals surface area contributed by atoms with Crippen molar-refractivity contribution in [3.8, 4) is 5.75 Å². The Labute approximate surface area is 175 Å². The predicted molar refractivity (Wildman–Crippen MR) is 114 cm³/mol. The minimum atomic E-state index is -0.427. The highest BCUT2D eigenvalue weighted by molar-refractivity contribution is 5.97. The lowest BCUT2D eigenvalue weighted by molar-refractivity contribution is -0.159. The summed E-state index contributed by atoms with van der Waals surface area (Å²) >= 11 is 0. The third-order valence-corrected chi connectivity index (χ3v) is 6.46. The molecule has 0 radical (unpaired) electrons. The van der Waals surface area contributed by atoms with E-state index in [0.717, 1.165) is 33.5 Å². The summed E-state index contributed by atoms with van der Waals surface area (Å²) in [4.78, 5) is 33.3. The highest BCUT2D eigenvalue weighted by Crippen LogP contribution is 2.38. The van der Waals surface area contributed by atoms with Gasteiger partial charge in [0.05, 0.1) is 19.7 Å². The Kier molecular flexibility index (Phi) is 4.50. The molecule has 2 aliphatic rings. The molecule has 3 heterocycles. The van der Waals surface area contributed by atoms with Crippen LogP contribution in [0.5, 0.6) is 5.75 Å². The lowest BCUT2D eigenvalue weighted by atomic mass is 9.90. The van der Waals surface area contributed by atoms with Gasteiger partial charge in [0.2, 0.25) is 11.8 Å². The minimum absolute atomic E-state index is 0.0196. The van der Waals surface area contributed by atoms with Gasteiger partial charge in [-0.25, -0.2) is 0 Å². The largest absolute Gasteiger partial charge is 0.497 e. The lowest BCUT2D eigenvalue weighted by Crippen LogP contribution is -2.62. The topological polar surface area (TPSA) is 65.6 Å². The third kappa shape index (κ3) is 2.95. The van der Waals surface area contributed by atoms with Crippen molar-refractivity contribution in [3.05, 3.63) is 65.4 Å². The van der Waals surface area contributed by atoms with Crippen LogP contribution in [0.25, 0.3) is 10.9 Å². The molecular weight excluding hydrogens is 378 g/mol. The van der Waals surface area contributed by atoms with Crippen molar-refractivity contribution < 1.29 is 14.3 Å². The zero-order valence-corrected chi connectivity index (χ0v) is 17.2. The fourth-order valence-corrected chi connectivity index (χ4v) is 4.87. The van der Waals surface area contributed by atoms with Gasteiger partial charge >= 0.3 is 0 Å². The van der Waals surface area contributed by atoms with Gasteiger partial charge in [0.25, 0.3) is 0 Å². The molecule has 2 atom stereocenters. The molecule has 154 valence electrons. The summed E-state index contributed by atoms with van der Waals surface area (Å²) in [6.07, 6.45) is 1.27. The zero-order chi connectivity index (χ0) is 20.8. The maximum atomic E-state index is 13.3. The molecule has 6 nitrogen and oxygen atoms in total. The van der Waals surface area contributed by atoms with Crippen molar-refractivity contribution in [1.82, 2.24) is 14.8 Å². The molecule has 30 heavy (non-hydrogen) atoms. The minimum Gasteiger partial charge on any atom is -0.497 e. The van der Waals surface area contributed by atoms with Crippen molar-refractivity contribution in [1.29, 1.82) is 0 Å². The number of nitrogens with one attached hydrogen (secondary N) is 1. The smallest absolute Gasteiger partial charge is 0.246 e. The Balaban J connectivity index is 1.38. The molecule has 5 rings (SSSR count). The standard InChI is InChI=1S/C24H25N3O3/c1-15-23-19(18-5-3-4-6-20(18)25-23)13-21-24(29)26(14-22(28)27(15)21)12-11-16-7-9-17(30-2)10-8-16/h3-10,15,21,25H,11-14H2,1-2H3/t15?,21-/m0/s1.